The van der Waals surface area contributed by atoms with Crippen LogP contribution < -0.4 is 11.1 Å². The van der Waals surface area contributed by atoms with Crippen LogP contribution in [0.25, 0.3) is 11.4 Å². The van der Waals surface area contributed by atoms with E-state index in [2.05, 4.69) is 27.2 Å². The lowest BCUT2D eigenvalue weighted by molar-refractivity contribution is 0.0384. The van der Waals surface area contributed by atoms with Crippen LogP contribution in [0.4, 0.5) is 24.5 Å². The summed E-state index contributed by atoms with van der Waals surface area (Å²) >= 11 is 0. The smallest absolute Gasteiger partial charge is 0.276 e. The van der Waals surface area contributed by atoms with Gasteiger partial charge < -0.3 is 16.2 Å². The lowest BCUT2D eigenvalue weighted by Gasteiger charge is -2.37. The summed E-state index contributed by atoms with van der Waals surface area (Å²) in [6.07, 6.45) is 4.04. The molecule has 0 saturated heterocycles. The number of hydrogen-bond acceptors (Lipinski definition) is 6. The van der Waals surface area contributed by atoms with E-state index < -0.39 is 35.3 Å². The van der Waals surface area contributed by atoms with Crippen LogP contribution in [0.15, 0.2) is 36.7 Å². The number of nitrogens with zero attached hydrogens (tertiary/aromatic N) is 3. The van der Waals surface area contributed by atoms with Gasteiger partial charge in [0.15, 0.2) is 17.3 Å². The van der Waals surface area contributed by atoms with Gasteiger partial charge in [0, 0.05) is 12.3 Å². The summed E-state index contributed by atoms with van der Waals surface area (Å²) in [6, 6.07) is 4.72. The van der Waals surface area contributed by atoms with Crippen LogP contribution in [0.5, 0.6) is 0 Å². The Bertz CT molecular complexity index is 1230. The zero-order chi connectivity index (χ0) is 24.6. The average Bonchev–Trinajstić information content (AvgIpc) is 2.80. The first-order valence-corrected chi connectivity index (χ1v) is 10.9. The zero-order valence-corrected chi connectivity index (χ0v) is 18.6. The summed E-state index contributed by atoms with van der Waals surface area (Å²) in [5.74, 6) is -4.26. The van der Waals surface area contributed by atoms with E-state index in [-0.39, 0.29) is 34.8 Å². The number of nitrogens with two attached hydrogens (primary N) is 1. The van der Waals surface area contributed by atoms with E-state index in [1.807, 2.05) is 6.92 Å². The van der Waals surface area contributed by atoms with Gasteiger partial charge in [0.2, 0.25) is 5.95 Å². The van der Waals surface area contributed by atoms with E-state index in [0.717, 1.165) is 12.0 Å². The predicted octanol–water partition coefficient (Wildman–Crippen LogP) is 4.30. The van der Waals surface area contributed by atoms with E-state index in [0.29, 0.717) is 18.2 Å². The van der Waals surface area contributed by atoms with E-state index in [9.17, 15) is 23.1 Å². The molecule has 178 valence electrons. The SMILES string of the molecule is C[C@@H]1[C@H](O)C[C@H](c2ccncc2NC(=O)c2nc(-c3nc(F)c(F)cc3F)ccc2N)C[C@@H]1C. The highest BCUT2D eigenvalue weighted by Crippen LogP contribution is 2.41. The molecule has 4 atom stereocenters. The van der Waals surface area contributed by atoms with E-state index in [4.69, 9.17) is 5.73 Å². The van der Waals surface area contributed by atoms with Crippen molar-refractivity contribution >= 4 is 17.3 Å². The van der Waals surface area contributed by atoms with Gasteiger partial charge in [0.25, 0.3) is 5.91 Å². The summed E-state index contributed by atoms with van der Waals surface area (Å²) in [4.78, 5) is 24.5. The minimum absolute atomic E-state index is 0.00483. The highest BCUT2D eigenvalue weighted by molar-refractivity contribution is 6.06. The first-order chi connectivity index (χ1) is 16.2. The van der Waals surface area contributed by atoms with Crippen LogP contribution in [-0.2, 0) is 0 Å². The van der Waals surface area contributed by atoms with Gasteiger partial charge in [0.05, 0.1) is 29.4 Å². The van der Waals surface area contributed by atoms with Crippen molar-refractivity contribution < 1.29 is 23.1 Å². The number of pyridine rings is 3. The average molecular weight is 471 g/mol. The number of aromatic nitrogens is 3. The molecule has 1 amide bonds. The van der Waals surface area contributed by atoms with Crippen molar-refractivity contribution in [3.63, 3.8) is 0 Å². The third-order valence-corrected chi connectivity index (χ3v) is 6.50. The van der Waals surface area contributed by atoms with Crippen molar-refractivity contribution in [2.24, 2.45) is 11.8 Å². The molecule has 3 aromatic heterocycles. The van der Waals surface area contributed by atoms with Crippen LogP contribution in [0.3, 0.4) is 0 Å². The van der Waals surface area contributed by atoms with Gasteiger partial charge in [-0.25, -0.2) is 18.7 Å². The van der Waals surface area contributed by atoms with E-state index in [1.54, 1.807) is 12.3 Å². The Balaban J connectivity index is 1.64. The maximum absolute atomic E-state index is 14.2. The molecule has 0 radical (unpaired) electrons. The predicted molar refractivity (Wildman–Crippen MR) is 120 cm³/mol. The van der Waals surface area contributed by atoms with Crippen LogP contribution in [0, 0.1) is 29.4 Å². The minimum atomic E-state index is -1.49. The summed E-state index contributed by atoms with van der Waals surface area (Å²) in [5.41, 5.74) is 6.23. The zero-order valence-electron chi connectivity index (χ0n) is 18.6. The second kappa shape index (κ2) is 9.38. The highest BCUT2D eigenvalue weighted by Gasteiger charge is 2.33. The molecule has 1 aliphatic rings. The molecular formula is C24H24F3N5O2. The fraction of sp³-hybridized carbons (Fsp3) is 0.333. The number of amides is 1. The second-order valence-corrected chi connectivity index (χ2v) is 8.71. The molecule has 3 heterocycles. The fourth-order valence-corrected chi connectivity index (χ4v) is 4.35. The van der Waals surface area contributed by atoms with Gasteiger partial charge in [-0.15, -0.1) is 0 Å². The molecule has 0 spiro atoms. The Morgan fingerprint density at radius 3 is 2.62 bits per heavy atom. The maximum Gasteiger partial charge on any atom is 0.276 e. The van der Waals surface area contributed by atoms with Gasteiger partial charge in [-0.2, -0.15) is 4.39 Å². The van der Waals surface area contributed by atoms with Crippen LogP contribution in [0.1, 0.15) is 48.7 Å². The van der Waals surface area contributed by atoms with Gasteiger partial charge in [0.1, 0.15) is 5.69 Å². The van der Waals surface area contributed by atoms with Crippen LogP contribution in [0.2, 0.25) is 0 Å². The van der Waals surface area contributed by atoms with Crippen molar-refractivity contribution in [3.05, 3.63) is 65.5 Å². The quantitative estimate of drug-likeness (QED) is 0.489. The Labute approximate surface area is 194 Å². The Kier molecular flexibility index (Phi) is 6.52. The molecule has 34 heavy (non-hydrogen) atoms. The molecule has 0 unspecified atom stereocenters. The van der Waals surface area contributed by atoms with Gasteiger partial charge in [-0.1, -0.05) is 13.8 Å². The van der Waals surface area contributed by atoms with E-state index >= 15 is 0 Å². The van der Waals surface area contributed by atoms with Gasteiger partial charge >= 0.3 is 0 Å². The number of aliphatic hydroxyl groups excluding tert-OH is 1. The molecular weight excluding hydrogens is 447 g/mol. The normalized spacial score (nSPS) is 22.4. The number of carbonyl (C=O) groups excluding carboxylic acids is 1. The summed E-state index contributed by atoms with van der Waals surface area (Å²) in [7, 11) is 0. The lowest BCUT2D eigenvalue weighted by Crippen LogP contribution is -2.32. The number of halogens is 3. The number of nitrogen functional groups attached to an aromatic ring is 1. The molecule has 1 aliphatic carbocycles. The molecule has 1 fully saturated rings. The fourth-order valence-electron chi connectivity index (χ4n) is 4.35. The Morgan fingerprint density at radius 2 is 1.88 bits per heavy atom. The lowest BCUT2D eigenvalue weighted by atomic mass is 9.71. The first kappa shape index (κ1) is 23.6. The third-order valence-electron chi connectivity index (χ3n) is 6.50. The molecule has 0 aromatic carbocycles. The van der Waals surface area contributed by atoms with Gasteiger partial charge in [-0.05, 0) is 54.4 Å². The molecule has 0 bridgehead atoms. The standard InChI is InChI=1S/C24H24F3N5O2/c1-11-7-13(8-20(33)12(11)2)14-5-6-29-10-19(14)31-24(34)22-17(28)3-4-18(30-22)21-15(25)9-16(26)23(27)32-21/h3-6,9-13,20,33H,7-8,28H2,1-2H3,(H,31,34)/t11-,12-,13+,20+/m0/s1. The summed E-state index contributed by atoms with van der Waals surface area (Å²) < 4.78 is 41.0. The van der Waals surface area contributed by atoms with Crippen molar-refractivity contribution in [1.29, 1.82) is 0 Å². The molecule has 1 saturated carbocycles. The first-order valence-electron chi connectivity index (χ1n) is 10.9. The Hall–Kier alpha value is -3.53. The molecule has 7 nitrogen and oxygen atoms in total. The Morgan fingerprint density at radius 1 is 1.12 bits per heavy atom. The number of nitrogens with one attached hydrogen (secondary N) is 1. The molecule has 4 N–H and O–H groups in total. The number of carbonyl (C=O) groups is 1. The molecule has 10 heteroatoms. The van der Waals surface area contributed by atoms with Crippen molar-refractivity contribution in [1.82, 2.24) is 15.0 Å². The van der Waals surface area contributed by atoms with Crippen LogP contribution >= 0.6 is 0 Å². The monoisotopic (exact) mass is 471 g/mol. The van der Waals surface area contributed by atoms with Crippen LogP contribution in [-0.4, -0.2) is 32.1 Å². The number of aliphatic hydroxyl groups is 1. The number of anilines is 2. The topological polar surface area (TPSA) is 114 Å². The highest BCUT2D eigenvalue weighted by atomic mass is 19.2. The number of hydrogen-bond donors (Lipinski definition) is 3. The summed E-state index contributed by atoms with van der Waals surface area (Å²) in [5, 5.41) is 13.2. The van der Waals surface area contributed by atoms with Crippen molar-refractivity contribution in [2.45, 2.75) is 38.7 Å². The number of rotatable bonds is 4. The molecule has 3 aromatic rings. The van der Waals surface area contributed by atoms with Gasteiger partial charge in [-0.3, -0.25) is 9.78 Å². The third kappa shape index (κ3) is 4.58. The maximum atomic E-state index is 14.2. The van der Waals surface area contributed by atoms with Crippen molar-refractivity contribution in [2.75, 3.05) is 11.1 Å². The molecule has 4 rings (SSSR count). The molecule has 0 aliphatic heterocycles. The van der Waals surface area contributed by atoms with E-state index in [1.165, 1.54) is 18.3 Å². The van der Waals surface area contributed by atoms with Crippen molar-refractivity contribution in [3.8, 4) is 11.4 Å². The minimum Gasteiger partial charge on any atom is -0.397 e. The second-order valence-electron chi connectivity index (χ2n) is 8.71. The summed E-state index contributed by atoms with van der Waals surface area (Å²) in [6.45, 7) is 4.11. The largest absolute Gasteiger partial charge is 0.397 e.